The van der Waals surface area contributed by atoms with Gasteiger partial charge < -0.3 is 31.1 Å². The van der Waals surface area contributed by atoms with E-state index in [0.29, 0.717) is 17.6 Å². The van der Waals surface area contributed by atoms with Crippen LogP contribution in [0.2, 0.25) is 0 Å². The van der Waals surface area contributed by atoms with E-state index in [1.807, 2.05) is 6.07 Å². The molecule has 11 heteroatoms. The molecule has 2 atom stereocenters. The highest BCUT2D eigenvalue weighted by Crippen LogP contribution is 2.35. The zero-order chi connectivity index (χ0) is 26.2. The summed E-state index contributed by atoms with van der Waals surface area (Å²) in [6.45, 7) is 3.31. The maximum atomic E-state index is 14.6. The molecule has 2 aliphatic heterocycles. The van der Waals surface area contributed by atoms with Crippen LogP contribution in [-0.2, 0) is 10.4 Å². The van der Waals surface area contributed by atoms with Crippen molar-refractivity contribution < 1.29 is 17.9 Å². The van der Waals surface area contributed by atoms with Crippen molar-refractivity contribution in [2.45, 2.75) is 25.1 Å². The van der Waals surface area contributed by atoms with Gasteiger partial charge in [0, 0.05) is 25.3 Å². The lowest BCUT2D eigenvalue weighted by atomic mass is 9.92. The molecule has 194 valence electrons. The average molecular weight is 512 g/mol. The number of rotatable bonds is 7. The number of nitrogens with one attached hydrogen (secondary N) is 3. The predicted molar refractivity (Wildman–Crippen MR) is 136 cm³/mol. The molecule has 8 nitrogen and oxygen atoms in total. The third-order valence-electron chi connectivity index (χ3n) is 6.60. The third kappa shape index (κ3) is 5.23. The number of halogens is 3. The van der Waals surface area contributed by atoms with E-state index in [-0.39, 0.29) is 24.8 Å². The van der Waals surface area contributed by atoms with Crippen molar-refractivity contribution in [2.24, 2.45) is 11.7 Å². The van der Waals surface area contributed by atoms with Gasteiger partial charge in [-0.1, -0.05) is 6.92 Å². The largest absolute Gasteiger partial charge is 0.374 e. The summed E-state index contributed by atoms with van der Waals surface area (Å²) >= 11 is 0. The van der Waals surface area contributed by atoms with E-state index in [1.165, 1.54) is 18.3 Å². The molecular formula is C26H28F3N7O. The van der Waals surface area contributed by atoms with Gasteiger partial charge >= 0.3 is 0 Å². The summed E-state index contributed by atoms with van der Waals surface area (Å²) < 4.78 is 48.5. The highest BCUT2D eigenvalue weighted by atomic mass is 19.1. The minimum Gasteiger partial charge on any atom is -0.374 e. The number of H-pyrrole nitrogens is 1. The number of aromatic amines is 1. The van der Waals surface area contributed by atoms with E-state index >= 15 is 0 Å². The molecule has 2 unspecified atom stereocenters. The normalized spacial score (nSPS) is 21.2. The number of pyridine rings is 1. The Kier molecular flexibility index (Phi) is 6.74. The minimum atomic E-state index is -1.90. The minimum absolute atomic E-state index is 0.0941. The zero-order valence-electron chi connectivity index (χ0n) is 20.3. The van der Waals surface area contributed by atoms with Crippen LogP contribution in [0.25, 0.3) is 6.08 Å². The van der Waals surface area contributed by atoms with E-state index in [1.54, 1.807) is 12.4 Å². The molecule has 2 aromatic heterocycles. The van der Waals surface area contributed by atoms with E-state index in [4.69, 9.17) is 15.9 Å². The van der Waals surface area contributed by atoms with Crippen molar-refractivity contribution >= 4 is 29.1 Å². The molecule has 1 aromatic carbocycles. The first-order chi connectivity index (χ1) is 17.7. The molecule has 2 aliphatic rings. The number of aromatic nitrogens is 3. The molecule has 4 heterocycles. The van der Waals surface area contributed by atoms with Crippen molar-refractivity contribution in [1.29, 1.82) is 5.41 Å². The van der Waals surface area contributed by atoms with Gasteiger partial charge in [-0.25, -0.2) is 18.2 Å². The Morgan fingerprint density at radius 3 is 2.70 bits per heavy atom. The second-order valence-corrected chi connectivity index (χ2v) is 9.73. The summed E-state index contributed by atoms with van der Waals surface area (Å²) in [6, 6.07) is 3.86. The van der Waals surface area contributed by atoms with Crippen LogP contribution in [0.4, 0.5) is 30.5 Å². The first-order valence-corrected chi connectivity index (χ1v) is 12.0. The molecule has 2 saturated heterocycles. The monoisotopic (exact) mass is 511 g/mol. The maximum absolute atomic E-state index is 14.6. The van der Waals surface area contributed by atoms with Crippen molar-refractivity contribution in [1.82, 2.24) is 15.0 Å². The quantitative estimate of drug-likeness (QED) is 0.352. The van der Waals surface area contributed by atoms with E-state index in [9.17, 15) is 13.2 Å². The second-order valence-electron chi connectivity index (χ2n) is 9.73. The van der Waals surface area contributed by atoms with Gasteiger partial charge in [0.15, 0.2) is 5.67 Å². The van der Waals surface area contributed by atoms with Crippen molar-refractivity contribution in [2.75, 3.05) is 36.5 Å². The zero-order valence-corrected chi connectivity index (χ0v) is 20.3. The lowest BCUT2D eigenvalue weighted by Gasteiger charge is -2.37. The number of nitrogens with zero attached hydrogens (tertiary/aromatic N) is 3. The fourth-order valence-corrected chi connectivity index (χ4v) is 4.76. The first kappa shape index (κ1) is 25.0. The van der Waals surface area contributed by atoms with Gasteiger partial charge in [-0.2, -0.15) is 0 Å². The summed E-state index contributed by atoms with van der Waals surface area (Å²) in [6.07, 6.45) is 8.68. The number of hydrogen-bond donors (Lipinski definition) is 4. The first-order valence-electron chi connectivity index (χ1n) is 12.0. The Labute approximate surface area is 212 Å². The molecular weight excluding hydrogens is 483 g/mol. The van der Waals surface area contributed by atoms with E-state index in [0.717, 1.165) is 43.0 Å². The smallest absolute Gasteiger partial charge is 0.205 e. The highest BCUT2D eigenvalue weighted by molar-refractivity contribution is 6.09. The van der Waals surface area contributed by atoms with Crippen molar-refractivity contribution in [3.63, 3.8) is 0 Å². The van der Waals surface area contributed by atoms with Crippen molar-refractivity contribution in [3.05, 3.63) is 71.3 Å². The number of ether oxygens (including phenoxy) is 1. The van der Waals surface area contributed by atoms with Crippen LogP contribution in [0.3, 0.4) is 0 Å². The predicted octanol–water partition coefficient (Wildman–Crippen LogP) is 4.28. The fourth-order valence-electron chi connectivity index (χ4n) is 4.76. The van der Waals surface area contributed by atoms with Gasteiger partial charge in [-0.15, -0.1) is 0 Å². The molecule has 0 bridgehead atoms. The number of alkyl halides is 1. The molecule has 5 N–H and O–H groups in total. The molecule has 5 rings (SSSR count). The van der Waals surface area contributed by atoms with Crippen LogP contribution >= 0.6 is 0 Å². The number of imidazole rings is 1. The van der Waals surface area contributed by atoms with Gasteiger partial charge in [-0.3, -0.25) is 4.98 Å². The van der Waals surface area contributed by atoms with Crippen molar-refractivity contribution in [3.8, 4) is 0 Å². The van der Waals surface area contributed by atoms with Crippen LogP contribution in [-0.4, -0.2) is 53.0 Å². The van der Waals surface area contributed by atoms with Crippen LogP contribution in [0, 0.1) is 23.0 Å². The topological polar surface area (TPSA) is 116 Å². The van der Waals surface area contributed by atoms with Crippen LogP contribution in [0.15, 0.2) is 42.9 Å². The lowest BCUT2D eigenvalue weighted by molar-refractivity contribution is -0.135. The maximum Gasteiger partial charge on any atom is 0.205 e. The number of anilines is 3. The molecule has 0 amide bonds. The molecule has 0 aliphatic carbocycles. The molecule has 0 saturated carbocycles. The number of hydrogen-bond acceptors (Lipinski definition) is 7. The number of piperidine rings is 1. The Morgan fingerprint density at radius 2 is 2.03 bits per heavy atom. The highest BCUT2D eigenvalue weighted by Gasteiger charge is 2.41. The lowest BCUT2D eigenvalue weighted by Crippen LogP contribution is -2.46. The van der Waals surface area contributed by atoms with E-state index < -0.39 is 28.6 Å². The Morgan fingerprint density at radius 1 is 1.27 bits per heavy atom. The Balaban J connectivity index is 1.29. The van der Waals surface area contributed by atoms with Gasteiger partial charge in [-0.05, 0) is 48.3 Å². The molecule has 37 heavy (non-hydrogen) atoms. The van der Waals surface area contributed by atoms with Gasteiger partial charge in [0.2, 0.25) is 5.95 Å². The molecule has 0 spiro atoms. The standard InChI is InChI=1S/C26H28F3N7O/c1-15-6-17(30)12-36(11-15)23-4-5-32-10-22(23)35-25-33-9-18(34-25)2-3-21(31)24-19(27)7-16(8-20(24)28)26(29)13-37-14-26/h2-5,7-10,15,17,31H,6,11-14,30H2,1H3,(H2,33,34,35)/b3-2-,31-21?. The van der Waals surface area contributed by atoms with Gasteiger partial charge in [0.05, 0.1) is 54.0 Å². The van der Waals surface area contributed by atoms with Crippen LogP contribution in [0.1, 0.15) is 30.2 Å². The molecule has 2 fully saturated rings. The average Bonchev–Trinajstić information content (AvgIpc) is 3.27. The van der Waals surface area contributed by atoms with E-state index in [2.05, 4.69) is 32.1 Å². The Bertz CT molecular complexity index is 1300. The fraction of sp³-hybridized carbons (Fsp3) is 0.346. The third-order valence-corrected chi connectivity index (χ3v) is 6.60. The van der Waals surface area contributed by atoms with Crippen LogP contribution in [0.5, 0.6) is 0 Å². The summed E-state index contributed by atoms with van der Waals surface area (Å²) in [7, 11) is 0. The summed E-state index contributed by atoms with van der Waals surface area (Å²) in [5.74, 6) is -1.10. The molecule has 0 radical (unpaired) electrons. The number of allylic oxidation sites excluding steroid dienone is 1. The summed E-state index contributed by atoms with van der Waals surface area (Å²) in [4.78, 5) is 13.8. The SMILES string of the molecule is CC1CC(N)CN(c2ccncc2Nc2ncc(/C=C\C(=N)c3c(F)cc(C4(F)COC4)cc3F)[nH]2)C1. The summed E-state index contributed by atoms with van der Waals surface area (Å²) in [5, 5.41) is 11.4. The second kappa shape index (κ2) is 9.98. The Hall–Kier alpha value is -3.70. The van der Waals surface area contributed by atoms with Crippen LogP contribution < -0.4 is 16.0 Å². The summed E-state index contributed by atoms with van der Waals surface area (Å²) in [5.41, 5.74) is 5.50. The molecule has 3 aromatic rings. The number of benzene rings is 1. The number of nitrogens with two attached hydrogens (primary N) is 1. The van der Waals surface area contributed by atoms with Gasteiger partial charge in [0.1, 0.15) is 11.6 Å². The van der Waals surface area contributed by atoms with Gasteiger partial charge in [0.25, 0.3) is 0 Å².